The largest absolute Gasteiger partial charge is 0.353 e. The summed E-state index contributed by atoms with van der Waals surface area (Å²) in [6, 6.07) is 0.457. The van der Waals surface area contributed by atoms with Gasteiger partial charge in [-0.3, -0.25) is 4.98 Å². The van der Waals surface area contributed by atoms with Crippen LogP contribution in [-0.2, 0) is 6.54 Å². The van der Waals surface area contributed by atoms with Crippen LogP contribution in [0.25, 0.3) is 0 Å². The Kier molecular flexibility index (Phi) is 6.65. The second kappa shape index (κ2) is 8.03. The summed E-state index contributed by atoms with van der Waals surface area (Å²) in [5.41, 5.74) is 1.02. The summed E-state index contributed by atoms with van der Waals surface area (Å²) in [6.07, 6.45) is 5.97. The van der Waals surface area contributed by atoms with Gasteiger partial charge in [-0.25, -0.2) is 4.98 Å². The van der Waals surface area contributed by atoms with E-state index in [0.717, 1.165) is 44.0 Å². The molecule has 0 saturated carbocycles. The summed E-state index contributed by atoms with van der Waals surface area (Å²) >= 11 is 0. The minimum Gasteiger partial charge on any atom is -0.353 e. The number of nitrogens with zero attached hydrogens (tertiary/aromatic N) is 3. The Labute approximate surface area is 111 Å². The van der Waals surface area contributed by atoms with Crippen LogP contribution in [0.4, 0.5) is 5.82 Å². The van der Waals surface area contributed by atoms with Crippen molar-refractivity contribution in [3.05, 3.63) is 18.1 Å². The Hall–Kier alpha value is -1.16. The van der Waals surface area contributed by atoms with Crippen molar-refractivity contribution in [2.24, 2.45) is 0 Å². The van der Waals surface area contributed by atoms with Crippen molar-refractivity contribution in [1.82, 2.24) is 15.3 Å². The lowest BCUT2D eigenvalue weighted by Gasteiger charge is -2.27. The summed E-state index contributed by atoms with van der Waals surface area (Å²) in [5, 5.41) is 3.36. The Morgan fingerprint density at radius 2 is 2.00 bits per heavy atom. The molecule has 0 aliphatic heterocycles. The highest BCUT2D eigenvalue weighted by Crippen LogP contribution is 2.13. The maximum atomic E-state index is 4.69. The molecule has 1 aromatic heterocycles. The van der Waals surface area contributed by atoms with E-state index in [4.69, 9.17) is 0 Å². The van der Waals surface area contributed by atoms with Crippen LogP contribution in [0.1, 0.15) is 46.2 Å². The maximum Gasteiger partial charge on any atom is 0.147 e. The van der Waals surface area contributed by atoms with E-state index in [0.29, 0.717) is 6.04 Å². The highest BCUT2D eigenvalue weighted by molar-refractivity contribution is 5.37. The molecule has 0 atom stereocenters. The van der Waals surface area contributed by atoms with Crippen LogP contribution in [0.2, 0.25) is 0 Å². The van der Waals surface area contributed by atoms with Crippen LogP contribution in [0.15, 0.2) is 12.4 Å². The lowest BCUT2D eigenvalue weighted by Crippen LogP contribution is -2.32. The van der Waals surface area contributed by atoms with E-state index < -0.39 is 0 Å². The van der Waals surface area contributed by atoms with Crippen molar-refractivity contribution in [3.63, 3.8) is 0 Å². The van der Waals surface area contributed by atoms with Crippen LogP contribution >= 0.6 is 0 Å². The van der Waals surface area contributed by atoms with Crippen molar-refractivity contribution in [2.75, 3.05) is 18.0 Å². The van der Waals surface area contributed by atoms with Crippen molar-refractivity contribution in [3.8, 4) is 0 Å². The van der Waals surface area contributed by atoms with E-state index in [1.165, 1.54) is 0 Å². The molecule has 0 bridgehead atoms. The van der Waals surface area contributed by atoms with E-state index >= 15 is 0 Å². The van der Waals surface area contributed by atoms with Gasteiger partial charge in [-0.1, -0.05) is 13.8 Å². The van der Waals surface area contributed by atoms with E-state index in [9.17, 15) is 0 Å². The number of aromatic nitrogens is 2. The van der Waals surface area contributed by atoms with Gasteiger partial charge in [0.2, 0.25) is 0 Å². The first-order chi connectivity index (χ1) is 8.69. The summed E-state index contributed by atoms with van der Waals surface area (Å²) < 4.78 is 0. The van der Waals surface area contributed by atoms with Gasteiger partial charge in [-0.15, -0.1) is 0 Å². The van der Waals surface area contributed by atoms with Gasteiger partial charge in [0.05, 0.1) is 11.9 Å². The molecule has 4 heteroatoms. The molecule has 1 rings (SSSR count). The number of hydrogen-bond acceptors (Lipinski definition) is 4. The quantitative estimate of drug-likeness (QED) is 0.720. The van der Waals surface area contributed by atoms with Crippen LogP contribution in [0.3, 0.4) is 0 Å². The average Bonchev–Trinajstić information content (AvgIpc) is 2.36. The fraction of sp³-hybridized carbons (Fsp3) is 0.714. The Morgan fingerprint density at radius 3 is 2.61 bits per heavy atom. The predicted molar refractivity (Wildman–Crippen MR) is 76.8 cm³/mol. The summed E-state index contributed by atoms with van der Waals surface area (Å²) in [6.45, 7) is 11.6. The molecule has 0 fully saturated rings. The zero-order chi connectivity index (χ0) is 13.4. The molecule has 1 N–H and O–H groups in total. The van der Waals surface area contributed by atoms with Crippen molar-refractivity contribution in [1.29, 1.82) is 0 Å². The molecular weight excluding hydrogens is 224 g/mol. The highest BCUT2D eigenvalue weighted by atomic mass is 15.2. The lowest BCUT2D eigenvalue weighted by atomic mass is 10.3. The number of anilines is 1. The van der Waals surface area contributed by atoms with E-state index in [2.05, 4.69) is 47.9 Å². The van der Waals surface area contributed by atoms with Gasteiger partial charge < -0.3 is 10.2 Å². The molecule has 1 aromatic rings. The molecule has 0 aliphatic rings. The second-order valence-corrected chi connectivity index (χ2v) is 4.83. The third-order valence-corrected chi connectivity index (χ3v) is 2.79. The molecule has 0 amide bonds. The first-order valence-electron chi connectivity index (χ1n) is 6.97. The van der Waals surface area contributed by atoms with Crippen LogP contribution < -0.4 is 10.2 Å². The topological polar surface area (TPSA) is 41.1 Å². The van der Waals surface area contributed by atoms with E-state index in [1.807, 2.05) is 12.4 Å². The van der Waals surface area contributed by atoms with Gasteiger partial charge in [-0.2, -0.15) is 0 Å². The van der Waals surface area contributed by atoms with Gasteiger partial charge in [0, 0.05) is 25.3 Å². The van der Waals surface area contributed by atoms with Crippen molar-refractivity contribution >= 4 is 5.82 Å². The molecule has 0 unspecified atom stereocenters. The average molecular weight is 250 g/mol. The fourth-order valence-corrected chi connectivity index (χ4v) is 1.89. The SMILES string of the molecule is CCCNCc1cncc(N(CCC)C(C)C)n1. The molecule has 1 heterocycles. The highest BCUT2D eigenvalue weighted by Gasteiger charge is 2.11. The first-order valence-corrected chi connectivity index (χ1v) is 6.97. The minimum absolute atomic E-state index is 0.457. The predicted octanol–water partition coefficient (Wildman–Crippen LogP) is 2.60. The smallest absolute Gasteiger partial charge is 0.147 e. The molecular formula is C14H26N4. The fourth-order valence-electron chi connectivity index (χ4n) is 1.89. The summed E-state index contributed by atoms with van der Waals surface area (Å²) in [5.74, 6) is 0.989. The minimum atomic E-state index is 0.457. The molecule has 0 radical (unpaired) electrons. The van der Waals surface area contributed by atoms with Gasteiger partial charge in [0.1, 0.15) is 5.82 Å². The number of nitrogens with one attached hydrogen (secondary N) is 1. The second-order valence-electron chi connectivity index (χ2n) is 4.83. The molecule has 4 nitrogen and oxygen atoms in total. The molecule has 0 aromatic carbocycles. The Bertz CT molecular complexity index is 338. The third-order valence-electron chi connectivity index (χ3n) is 2.79. The number of rotatable bonds is 8. The summed E-state index contributed by atoms with van der Waals surface area (Å²) in [4.78, 5) is 11.3. The van der Waals surface area contributed by atoms with Gasteiger partial charge in [0.25, 0.3) is 0 Å². The molecule has 102 valence electrons. The maximum absolute atomic E-state index is 4.69. The molecule has 0 aliphatic carbocycles. The van der Waals surface area contributed by atoms with Crippen LogP contribution in [0, 0.1) is 0 Å². The number of hydrogen-bond donors (Lipinski definition) is 1. The van der Waals surface area contributed by atoms with E-state index in [1.54, 1.807) is 0 Å². The standard InChI is InChI=1S/C14H26N4/c1-5-7-15-9-13-10-16-11-14(17-13)18(8-6-2)12(3)4/h10-12,15H,5-9H2,1-4H3. The lowest BCUT2D eigenvalue weighted by molar-refractivity contribution is 0.641. The van der Waals surface area contributed by atoms with Gasteiger partial charge >= 0.3 is 0 Å². The van der Waals surface area contributed by atoms with Gasteiger partial charge in [-0.05, 0) is 33.2 Å². The Morgan fingerprint density at radius 1 is 1.22 bits per heavy atom. The monoisotopic (exact) mass is 250 g/mol. The summed E-state index contributed by atoms with van der Waals surface area (Å²) in [7, 11) is 0. The molecule has 18 heavy (non-hydrogen) atoms. The molecule has 0 spiro atoms. The Balaban J connectivity index is 2.72. The van der Waals surface area contributed by atoms with Crippen molar-refractivity contribution in [2.45, 2.75) is 53.1 Å². The van der Waals surface area contributed by atoms with Crippen LogP contribution in [0.5, 0.6) is 0 Å². The van der Waals surface area contributed by atoms with E-state index in [-0.39, 0.29) is 0 Å². The first kappa shape index (κ1) is 14.9. The molecule has 0 saturated heterocycles. The third kappa shape index (κ3) is 4.61. The van der Waals surface area contributed by atoms with Gasteiger partial charge in [0.15, 0.2) is 0 Å². The zero-order valence-electron chi connectivity index (χ0n) is 12.1. The zero-order valence-corrected chi connectivity index (χ0v) is 12.1. The normalized spacial score (nSPS) is 10.9. The van der Waals surface area contributed by atoms with Crippen LogP contribution in [-0.4, -0.2) is 29.1 Å². The van der Waals surface area contributed by atoms with Crippen molar-refractivity contribution < 1.29 is 0 Å².